The molecule has 7 heteroatoms. The second-order valence-corrected chi connectivity index (χ2v) is 7.46. The van der Waals surface area contributed by atoms with E-state index in [9.17, 15) is 9.90 Å². The Kier molecular flexibility index (Phi) is 4.94. The van der Waals surface area contributed by atoms with Crippen molar-refractivity contribution in [3.63, 3.8) is 0 Å². The first-order valence-corrected chi connectivity index (χ1v) is 8.89. The Morgan fingerprint density at radius 1 is 1.32 bits per heavy atom. The van der Waals surface area contributed by atoms with Crippen LogP contribution < -0.4 is 0 Å². The number of aromatic nitrogens is 4. The zero-order valence-corrected chi connectivity index (χ0v) is 15.3. The number of likely N-dealkylation sites (tertiary alicyclic amines) is 1. The predicted octanol–water partition coefficient (Wildman–Crippen LogP) is 2.16. The summed E-state index contributed by atoms with van der Waals surface area (Å²) in [5.74, 6) is 0.325. The molecular formula is C18H27N5O2. The van der Waals surface area contributed by atoms with Crippen LogP contribution in [0, 0.1) is 5.92 Å². The standard InChI is InChI=1S/C18H27N5O2/c1-11(2)17-15(6-19-21-17)18(25)22-7-14(10-24)16(9-22)13-5-20-23(8-13)12(3)4/h5-6,8,11-12,14,16,24H,7,9-10H2,1-4H3,(H,19,21)/t14-,16-/m0/s1. The van der Waals surface area contributed by atoms with Crippen LogP contribution >= 0.6 is 0 Å². The molecule has 0 spiro atoms. The molecule has 1 aliphatic heterocycles. The molecule has 2 aromatic rings. The molecule has 0 unspecified atom stereocenters. The number of amides is 1. The van der Waals surface area contributed by atoms with Gasteiger partial charge in [0.25, 0.3) is 5.91 Å². The van der Waals surface area contributed by atoms with Crippen molar-refractivity contribution in [2.45, 2.75) is 45.6 Å². The van der Waals surface area contributed by atoms with Crippen LogP contribution in [0.2, 0.25) is 0 Å². The monoisotopic (exact) mass is 345 g/mol. The molecule has 1 amide bonds. The lowest BCUT2D eigenvalue weighted by Crippen LogP contribution is -2.29. The van der Waals surface area contributed by atoms with Gasteiger partial charge in [-0.05, 0) is 25.3 Å². The average Bonchev–Trinajstić information content (AvgIpc) is 3.30. The Labute approximate surface area is 148 Å². The van der Waals surface area contributed by atoms with Crippen LogP contribution in [0.25, 0.3) is 0 Å². The molecule has 0 bridgehead atoms. The number of aromatic amines is 1. The summed E-state index contributed by atoms with van der Waals surface area (Å²) < 4.78 is 1.92. The summed E-state index contributed by atoms with van der Waals surface area (Å²) in [7, 11) is 0. The van der Waals surface area contributed by atoms with Gasteiger partial charge in [0.2, 0.25) is 0 Å². The Morgan fingerprint density at radius 3 is 2.68 bits per heavy atom. The van der Waals surface area contributed by atoms with Gasteiger partial charge in [-0.2, -0.15) is 10.2 Å². The first-order chi connectivity index (χ1) is 11.9. The molecule has 0 aliphatic carbocycles. The normalized spacial score (nSPS) is 20.8. The lowest BCUT2D eigenvalue weighted by atomic mass is 9.92. The summed E-state index contributed by atoms with van der Waals surface area (Å²) in [4.78, 5) is 14.8. The Balaban J connectivity index is 1.80. The van der Waals surface area contributed by atoms with E-state index in [1.807, 2.05) is 35.8 Å². The number of rotatable bonds is 5. The van der Waals surface area contributed by atoms with Crippen molar-refractivity contribution in [2.75, 3.05) is 19.7 Å². The second kappa shape index (κ2) is 7.00. The minimum absolute atomic E-state index is 0.0188. The van der Waals surface area contributed by atoms with Crippen LogP contribution in [0.15, 0.2) is 18.6 Å². The average molecular weight is 345 g/mol. The van der Waals surface area contributed by atoms with Crippen molar-refractivity contribution in [2.24, 2.45) is 5.92 Å². The summed E-state index contributed by atoms with van der Waals surface area (Å²) in [5, 5.41) is 21.2. The third kappa shape index (κ3) is 3.33. The highest BCUT2D eigenvalue weighted by Crippen LogP contribution is 2.34. The molecule has 1 aliphatic rings. The molecule has 3 rings (SSSR count). The van der Waals surface area contributed by atoms with Crippen molar-refractivity contribution in [1.82, 2.24) is 24.9 Å². The minimum Gasteiger partial charge on any atom is -0.396 e. The van der Waals surface area contributed by atoms with Crippen LogP contribution in [0.3, 0.4) is 0 Å². The van der Waals surface area contributed by atoms with Gasteiger partial charge in [-0.3, -0.25) is 14.6 Å². The largest absolute Gasteiger partial charge is 0.396 e. The first kappa shape index (κ1) is 17.7. The molecule has 2 N–H and O–H groups in total. The first-order valence-electron chi connectivity index (χ1n) is 8.89. The van der Waals surface area contributed by atoms with E-state index in [1.54, 1.807) is 6.20 Å². The predicted molar refractivity (Wildman–Crippen MR) is 94.5 cm³/mol. The smallest absolute Gasteiger partial charge is 0.257 e. The topological polar surface area (TPSA) is 87.0 Å². The number of hydrogen-bond donors (Lipinski definition) is 2. The molecule has 7 nitrogen and oxygen atoms in total. The molecule has 1 fully saturated rings. The fourth-order valence-corrected chi connectivity index (χ4v) is 3.50. The summed E-state index contributed by atoms with van der Waals surface area (Å²) >= 11 is 0. The molecule has 136 valence electrons. The third-order valence-corrected chi connectivity index (χ3v) is 5.02. The maximum absolute atomic E-state index is 12.9. The quantitative estimate of drug-likeness (QED) is 0.869. The van der Waals surface area contributed by atoms with Gasteiger partial charge in [0.15, 0.2) is 0 Å². The Hall–Kier alpha value is -2.15. The SMILES string of the molecule is CC(C)c1[nH]ncc1C(=O)N1C[C@@H](CO)[C@H](c2cnn(C(C)C)c2)C1. The lowest BCUT2D eigenvalue weighted by molar-refractivity contribution is 0.0780. The Morgan fingerprint density at radius 2 is 2.08 bits per heavy atom. The zero-order chi connectivity index (χ0) is 18.1. The van der Waals surface area contributed by atoms with E-state index in [1.165, 1.54) is 0 Å². The molecule has 0 radical (unpaired) electrons. The van der Waals surface area contributed by atoms with Crippen LogP contribution in [0.4, 0.5) is 0 Å². The van der Waals surface area contributed by atoms with Gasteiger partial charge in [-0.15, -0.1) is 0 Å². The fraction of sp³-hybridized carbons (Fsp3) is 0.611. The van der Waals surface area contributed by atoms with Crippen molar-refractivity contribution in [3.05, 3.63) is 35.4 Å². The molecule has 2 aromatic heterocycles. The van der Waals surface area contributed by atoms with E-state index in [4.69, 9.17) is 0 Å². The number of nitrogens with zero attached hydrogens (tertiary/aromatic N) is 4. The highest BCUT2D eigenvalue weighted by molar-refractivity contribution is 5.95. The van der Waals surface area contributed by atoms with Crippen molar-refractivity contribution < 1.29 is 9.90 Å². The molecule has 2 atom stereocenters. The van der Waals surface area contributed by atoms with Crippen molar-refractivity contribution >= 4 is 5.91 Å². The van der Waals surface area contributed by atoms with Crippen molar-refractivity contribution in [3.8, 4) is 0 Å². The van der Waals surface area contributed by atoms with Gasteiger partial charge in [0.05, 0.1) is 23.7 Å². The number of hydrogen-bond acceptors (Lipinski definition) is 4. The lowest BCUT2D eigenvalue weighted by Gasteiger charge is -2.17. The van der Waals surface area contributed by atoms with Gasteiger partial charge in [0.1, 0.15) is 0 Å². The fourth-order valence-electron chi connectivity index (χ4n) is 3.50. The number of aliphatic hydroxyl groups is 1. The zero-order valence-electron chi connectivity index (χ0n) is 15.3. The number of H-pyrrole nitrogens is 1. The highest BCUT2D eigenvalue weighted by Gasteiger charge is 2.37. The maximum atomic E-state index is 12.9. The van der Waals surface area contributed by atoms with Crippen LogP contribution in [0.1, 0.15) is 67.2 Å². The van der Waals surface area contributed by atoms with Gasteiger partial charge in [-0.25, -0.2) is 0 Å². The number of carbonyl (C=O) groups excluding carboxylic acids is 1. The summed E-state index contributed by atoms with van der Waals surface area (Å²) in [6.07, 6.45) is 5.50. The van der Waals surface area contributed by atoms with E-state index in [2.05, 4.69) is 29.1 Å². The van der Waals surface area contributed by atoms with Gasteiger partial charge in [-0.1, -0.05) is 13.8 Å². The van der Waals surface area contributed by atoms with E-state index >= 15 is 0 Å². The molecule has 1 saturated heterocycles. The van der Waals surface area contributed by atoms with Gasteiger partial charge in [0, 0.05) is 43.8 Å². The van der Waals surface area contributed by atoms with Crippen LogP contribution in [-0.4, -0.2) is 55.6 Å². The number of carbonyl (C=O) groups is 1. The second-order valence-electron chi connectivity index (χ2n) is 7.46. The molecular weight excluding hydrogens is 318 g/mol. The summed E-state index contributed by atoms with van der Waals surface area (Å²) in [6.45, 7) is 9.44. The van der Waals surface area contributed by atoms with Gasteiger partial charge < -0.3 is 10.0 Å². The molecule has 0 saturated carbocycles. The number of aliphatic hydroxyl groups excluding tert-OH is 1. The number of nitrogens with one attached hydrogen (secondary N) is 1. The van der Waals surface area contributed by atoms with Gasteiger partial charge >= 0.3 is 0 Å². The maximum Gasteiger partial charge on any atom is 0.257 e. The summed E-state index contributed by atoms with van der Waals surface area (Å²) in [5.41, 5.74) is 2.58. The molecule has 3 heterocycles. The Bertz CT molecular complexity index is 733. The minimum atomic E-state index is -0.0188. The highest BCUT2D eigenvalue weighted by atomic mass is 16.3. The third-order valence-electron chi connectivity index (χ3n) is 5.02. The van der Waals surface area contributed by atoms with E-state index in [0.717, 1.165) is 11.3 Å². The van der Waals surface area contributed by atoms with E-state index in [0.29, 0.717) is 24.7 Å². The van der Waals surface area contributed by atoms with Crippen LogP contribution in [-0.2, 0) is 0 Å². The molecule has 25 heavy (non-hydrogen) atoms. The van der Waals surface area contributed by atoms with Crippen LogP contribution in [0.5, 0.6) is 0 Å². The van der Waals surface area contributed by atoms with E-state index in [-0.39, 0.29) is 30.3 Å². The van der Waals surface area contributed by atoms with Crippen molar-refractivity contribution in [1.29, 1.82) is 0 Å². The molecule has 0 aromatic carbocycles. The van der Waals surface area contributed by atoms with E-state index < -0.39 is 0 Å². The summed E-state index contributed by atoms with van der Waals surface area (Å²) in [6, 6.07) is 0.292.